The second-order valence-electron chi connectivity index (χ2n) is 4.16. The van der Waals surface area contributed by atoms with Crippen LogP contribution in [0.15, 0.2) is 36.4 Å². The quantitative estimate of drug-likeness (QED) is 0.456. The summed E-state index contributed by atoms with van der Waals surface area (Å²) in [5.74, 6) is -3.84. The van der Waals surface area contributed by atoms with Crippen LogP contribution >= 0.6 is 0 Å². The van der Waals surface area contributed by atoms with Gasteiger partial charge in [-0.3, -0.25) is 0 Å². The van der Waals surface area contributed by atoms with Crippen molar-refractivity contribution in [1.82, 2.24) is 0 Å². The van der Waals surface area contributed by atoms with Crippen LogP contribution in [0.25, 0.3) is 0 Å². The fraction of sp³-hybridized carbons (Fsp3) is 0.0667. The molecule has 0 aromatic heterocycles. The number of para-hydroxylation sites is 1. The van der Waals surface area contributed by atoms with E-state index in [0.29, 0.717) is 0 Å². The minimum Gasteiger partial charge on any atom is -0.872 e. The first kappa shape index (κ1) is 25.8. The van der Waals surface area contributed by atoms with Gasteiger partial charge in [0.25, 0.3) is 0 Å². The molecule has 0 bridgehead atoms. The summed E-state index contributed by atoms with van der Waals surface area (Å²) < 4.78 is 4.66. The monoisotopic (exact) mass is 366 g/mol. The average molecular weight is 366 g/mol. The molecule has 2 aromatic carbocycles. The van der Waals surface area contributed by atoms with Gasteiger partial charge in [0.05, 0.1) is 18.2 Å². The van der Waals surface area contributed by atoms with Gasteiger partial charge in [-0.15, -0.1) is 5.75 Å². The first-order valence-electron chi connectivity index (χ1n) is 6.08. The Kier molecular flexibility index (Phi) is 12.4. The van der Waals surface area contributed by atoms with Crippen LogP contribution in [0.5, 0.6) is 23.0 Å². The Hall–Kier alpha value is -1.42. The van der Waals surface area contributed by atoms with E-state index in [2.05, 4.69) is 4.74 Å². The van der Waals surface area contributed by atoms with Crippen molar-refractivity contribution in [3.05, 3.63) is 47.5 Å². The van der Waals surface area contributed by atoms with Gasteiger partial charge in [0.15, 0.2) is 0 Å². The van der Waals surface area contributed by atoms with Gasteiger partial charge in [0.2, 0.25) is 0 Å². The molecule has 0 aliphatic heterocycles. The zero-order valence-electron chi connectivity index (χ0n) is 13.8. The molecule has 3 N–H and O–H groups in total. The van der Waals surface area contributed by atoms with Gasteiger partial charge in [0, 0.05) is 0 Å². The predicted molar refractivity (Wildman–Crippen MR) is 73.9 cm³/mol. The summed E-state index contributed by atoms with van der Waals surface area (Å²) in [6.07, 6.45) is 0. The zero-order chi connectivity index (χ0) is 17.6. The fourth-order valence-corrected chi connectivity index (χ4v) is 1.55. The van der Waals surface area contributed by atoms with Gasteiger partial charge < -0.3 is 30.3 Å². The summed E-state index contributed by atoms with van der Waals surface area (Å²) >= 11 is 0. The van der Waals surface area contributed by atoms with Crippen LogP contribution in [0.1, 0.15) is 20.7 Å². The molecule has 25 heavy (non-hydrogen) atoms. The fourth-order valence-electron chi connectivity index (χ4n) is 1.55. The molecule has 0 aliphatic rings. The van der Waals surface area contributed by atoms with E-state index in [4.69, 9.17) is 15.3 Å². The van der Waals surface area contributed by atoms with E-state index >= 15 is 0 Å². The zero-order valence-corrected chi connectivity index (χ0v) is 17.8. The summed E-state index contributed by atoms with van der Waals surface area (Å²) in [5.41, 5.74) is -0.468. The van der Waals surface area contributed by atoms with Crippen LogP contribution in [-0.4, -0.2) is 34.4 Å². The minimum absolute atomic E-state index is 0. The summed E-state index contributed by atoms with van der Waals surface area (Å²) in [5, 5.41) is 47.4. The number of benzene rings is 2. The molecule has 0 fully saturated rings. The Balaban J connectivity index is 0. The number of hydrogen-bond acceptors (Lipinski definition) is 6. The molecular formula is C15H12Na2O8. The maximum absolute atomic E-state index is 11.1. The Morgan fingerprint density at radius 2 is 1.60 bits per heavy atom. The predicted octanol–water partition coefficient (Wildman–Crippen LogP) is -5.36. The van der Waals surface area contributed by atoms with E-state index in [1.165, 1.54) is 25.3 Å². The molecular weight excluding hydrogens is 354 g/mol. The molecule has 0 saturated heterocycles. The number of phenols is 1. The molecule has 0 radical (unpaired) electrons. The second-order valence-corrected chi connectivity index (χ2v) is 4.16. The van der Waals surface area contributed by atoms with Crippen molar-refractivity contribution in [3.63, 3.8) is 0 Å². The molecule has 10 heteroatoms. The summed E-state index contributed by atoms with van der Waals surface area (Å²) in [7, 11) is 1.32. The van der Waals surface area contributed by atoms with Gasteiger partial charge in [0.1, 0.15) is 11.5 Å². The third-order valence-electron chi connectivity index (χ3n) is 2.57. The van der Waals surface area contributed by atoms with E-state index in [9.17, 15) is 19.8 Å². The number of carboxylic acids is 2. The van der Waals surface area contributed by atoms with Gasteiger partial charge in [-0.1, -0.05) is 17.9 Å². The largest absolute Gasteiger partial charge is 1.00 e. The molecule has 0 aliphatic carbocycles. The topological polar surface area (TPSA) is 150 Å². The number of aromatic hydroxyl groups is 1. The third kappa shape index (κ3) is 8.00. The maximum atomic E-state index is 11.1. The van der Waals surface area contributed by atoms with Crippen molar-refractivity contribution in [2.24, 2.45) is 0 Å². The maximum Gasteiger partial charge on any atom is 1.00 e. The van der Waals surface area contributed by atoms with Crippen LogP contribution in [0.2, 0.25) is 0 Å². The minimum atomic E-state index is -1.24. The molecule has 0 amide bonds. The first-order valence-corrected chi connectivity index (χ1v) is 6.08. The molecule has 0 heterocycles. The van der Waals surface area contributed by atoms with Crippen molar-refractivity contribution >= 4 is 11.9 Å². The molecule has 0 unspecified atom stereocenters. The number of aromatic carboxylic acids is 2. The van der Waals surface area contributed by atoms with Crippen LogP contribution in [-0.2, 0) is 0 Å². The van der Waals surface area contributed by atoms with Gasteiger partial charge in [-0.2, -0.15) is 0 Å². The van der Waals surface area contributed by atoms with Crippen molar-refractivity contribution in [1.29, 1.82) is 0 Å². The van der Waals surface area contributed by atoms with Gasteiger partial charge >= 0.3 is 71.1 Å². The van der Waals surface area contributed by atoms with Crippen molar-refractivity contribution in [2.45, 2.75) is 0 Å². The summed E-state index contributed by atoms with van der Waals surface area (Å²) in [6.45, 7) is 0. The van der Waals surface area contributed by atoms with Crippen LogP contribution in [0, 0.1) is 0 Å². The first-order chi connectivity index (χ1) is 10.8. The Labute approximate surface area is 187 Å². The normalized spacial score (nSPS) is 8.68. The summed E-state index contributed by atoms with van der Waals surface area (Å²) in [6, 6.07) is 7.05. The molecule has 2 aromatic rings. The van der Waals surface area contributed by atoms with Crippen molar-refractivity contribution in [2.75, 3.05) is 7.11 Å². The van der Waals surface area contributed by atoms with E-state index in [0.717, 1.165) is 18.2 Å². The van der Waals surface area contributed by atoms with E-state index in [1.807, 2.05) is 0 Å². The smallest absolute Gasteiger partial charge is 0.872 e. The molecule has 8 nitrogen and oxygen atoms in total. The average Bonchev–Trinajstić information content (AvgIpc) is 2.46. The van der Waals surface area contributed by atoms with E-state index in [1.54, 1.807) is 0 Å². The second kappa shape index (κ2) is 12.0. The summed E-state index contributed by atoms with van der Waals surface area (Å²) in [4.78, 5) is 20.7. The third-order valence-corrected chi connectivity index (χ3v) is 2.57. The molecule has 0 spiro atoms. The molecule has 122 valence electrons. The van der Waals surface area contributed by atoms with Crippen LogP contribution in [0.3, 0.4) is 0 Å². The Morgan fingerprint density at radius 1 is 1.00 bits per heavy atom. The number of carbonyl (C=O) groups is 2. The van der Waals surface area contributed by atoms with Crippen molar-refractivity contribution in [3.8, 4) is 23.0 Å². The number of phenolic OH excluding ortho intramolecular Hbond substituents is 1. The number of hydrogen-bond donors (Lipinski definition) is 3. The van der Waals surface area contributed by atoms with Gasteiger partial charge in [-0.25, -0.2) is 9.59 Å². The number of carboxylic acid groups (broad SMARTS) is 2. The van der Waals surface area contributed by atoms with Crippen LogP contribution in [0.4, 0.5) is 0 Å². The van der Waals surface area contributed by atoms with Crippen LogP contribution < -0.4 is 74.1 Å². The number of rotatable bonds is 3. The van der Waals surface area contributed by atoms with Gasteiger partial charge in [-0.05, 0) is 24.3 Å². The molecule has 2 rings (SSSR count). The molecule has 0 atom stereocenters. The van der Waals surface area contributed by atoms with Crippen molar-refractivity contribution < 1.29 is 99.0 Å². The number of methoxy groups -OCH3 is 1. The standard InChI is InChI=1S/C8H8O4.C7H6O4.2Na/c1-12-6-4-2-3-5(7(6)9)8(10)11;8-5-1-4(7(10)11)2-6(9)3-5;;/h2-4,9H,1H3,(H,10,11);1-3,8-9H,(H,10,11);;/q;;2*+1/p-2. The van der Waals surface area contributed by atoms with E-state index < -0.39 is 23.4 Å². The molecule has 0 saturated carbocycles. The SMILES string of the molecule is COc1cccc(C(=O)O)c1[O-].O=C(O)c1cc([O-])cc(O)c1.[Na+].[Na+]. The van der Waals surface area contributed by atoms with E-state index in [-0.39, 0.29) is 81.7 Å². The number of ether oxygens (including phenoxy) is 1. The Bertz CT molecular complexity index is 713. The Morgan fingerprint density at radius 3 is 2.04 bits per heavy atom.